The Morgan fingerprint density at radius 3 is 2.48 bits per heavy atom. The molecule has 0 aliphatic heterocycles. The number of nitrogens with two attached hydrogens (primary N) is 1. The van der Waals surface area contributed by atoms with E-state index < -0.39 is 0 Å². The standard InChI is InChI=1S/C19H31NS/c1-2-16-11-12-17(21-16)14-19(20)13-7-6-10-18(19)15-8-4-3-5-9-15/h11-12,15,18H,2-10,13-14,20H2,1H3. The first-order chi connectivity index (χ1) is 10.2. The molecule has 0 radical (unpaired) electrons. The Labute approximate surface area is 134 Å². The molecule has 2 heteroatoms. The molecule has 0 aromatic carbocycles. The molecular weight excluding hydrogens is 274 g/mol. The van der Waals surface area contributed by atoms with E-state index in [4.69, 9.17) is 5.73 Å². The van der Waals surface area contributed by atoms with Gasteiger partial charge in [-0.05, 0) is 43.2 Å². The number of aryl methyl sites for hydroxylation is 1. The summed E-state index contributed by atoms with van der Waals surface area (Å²) in [5.41, 5.74) is 7.10. The minimum atomic E-state index is 0.0795. The van der Waals surface area contributed by atoms with Crippen LogP contribution in [0.1, 0.15) is 74.5 Å². The van der Waals surface area contributed by atoms with E-state index in [2.05, 4.69) is 19.1 Å². The summed E-state index contributed by atoms with van der Waals surface area (Å²) in [7, 11) is 0. The van der Waals surface area contributed by atoms with Gasteiger partial charge < -0.3 is 5.73 Å². The molecule has 3 rings (SSSR count). The van der Waals surface area contributed by atoms with Crippen LogP contribution in [-0.2, 0) is 12.8 Å². The molecular formula is C19H31NS. The predicted molar refractivity (Wildman–Crippen MR) is 92.9 cm³/mol. The van der Waals surface area contributed by atoms with Crippen molar-refractivity contribution in [2.24, 2.45) is 17.6 Å². The largest absolute Gasteiger partial charge is 0.325 e. The highest BCUT2D eigenvalue weighted by atomic mass is 32.1. The predicted octanol–water partition coefficient (Wildman–Crippen LogP) is 5.32. The maximum absolute atomic E-state index is 7.02. The Morgan fingerprint density at radius 1 is 1.05 bits per heavy atom. The molecule has 0 amide bonds. The highest BCUT2D eigenvalue weighted by Gasteiger charge is 2.41. The average Bonchev–Trinajstić information content (AvgIpc) is 2.95. The fourth-order valence-corrected chi connectivity index (χ4v) is 5.88. The molecule has 1 heterocycles. The summed E-state index contributed by atoms with van der Waals surface area (Å²) in [4.78, 5) is 3.04. The number of hydrogen-bond donors (Lipinski definition) is 1. The van der Waals surface area contributed by atoms with Crippen LogP contribution in [0.4, 0.5) is 0 Å². The third kappa shape index (κ3) is 3.53. The van der Waals surface area contributed by atoms with Gasteiger partial charge in [-0.2, -0.15) is 0 Å². The monoisotopic (exact) mass is 305 g/mol. The fourth-order valence-electron chi connectivity index (χ4n) is 4.78. The molecule has 2 N–H and O–H groups in total. The molecule has 1 aromatic heterocycles. The summed E-state index contributed by atoms with van der Waals surface area (Å²) in [5, 5.41) is 0. The van der Waals surface area contributed by atoms with Crippen molar-refractivity contribution in [1.82, 2.24) is 0 Å². The van der Waals surface area contributed by atoms with Gasteiger partial charge in [0.2, 0.25) is 0 Å². The van der Waals surface area contributed by atoms with Crippen LogP contribution in [0.25, 0.3) is 0 Å². The van der Waals surface area contributed by atoms with E-state index in [-0.39, 0.29) is 5.54 Å². The molecule has 2 aliphatic carbocycles. The van der Waals surface area contributed by atoms with Crippen LogP contribution in [0.3, 0.4) is 0 Å². The van der Waals surface area contributed by atoms with Gasteiger partial charge in [-0.3, -0.25) is 0 Å². The quantitative estimate of drug-likeness (QED) is 0.800. The molecule has 2 fully saturated rings. The number of rotatable bonds is 4. The highest BCUT2D eigenvalue weighted by Crippen LogP contribution is 2.44. The molecule has 1 nitrogen and oxygen atoms in total. The maximum Gasteiger partial charge on any atom is 0.0234 e. The second kappa shape index (κ2) is 6.83. The summed E-state index contributed by atoms with van der Waals surface area (Å²) >= 11 is 1.99. The number of hydrogen-bond acceptors (Lipinski definition) is 2. The molecule has 21 heavy (non-hydrogen) atoms. The van der Waals surface area contributed by atoms with Gasteiger partial charge in [0, 0.05) is 21.7 Å². The topological polar surface area (TPSA) is 26.0 Å². The normalized spacial score (nSPS) is 31.4. The van der Waals surface area contributed by atoms with E-state index in [0.29, 0.717) is 0 Å². The Kier molecular flexibility index (Phi) is 5.06. The summed E-state index contributed by atoms with van der Waals surface area (Å²) in [6.07, 6.45) is 14.9. The minimum absolute atomic E-state index is 0.0795. The minimum Gasteiger partial charge on any atom is -0.325 e. The molecule has 0 bridgehead atoms. The molecule has 2 saturated carbocycles. The van der Waals surface area contributed by atoms with Crippen molar-refractivity contribution in [2.75, 3.05) is 0 Å². The van der Waals surface area contributed by atoms with Crippen LogP contribution in [0.5, 0.6) is 0 Å². The lowest BCUT2D eigenvalue weighted by Gasteiger charge is -2.46. The first-order valence-corrected chi connectivity index (χ1v) is 9.89. The fraction of sp³-hybridized carbons (Fsp3) is 0.789. The highest BCUT2D eigenvalue weighted by molar-refractivity contribution is 7.12. The first kappa shape index (κ1) is 15.6. The Morgan fingerprint density at radius 2 is 1.76 bits per heavy atom. The summed E-state index contributed by atoms with van der Waals surface area (Å²) in [6, 6.07) is 4.65. The summed E-state index contributed by atoms with van der Waals surface area (Å²) < 4.78 is 0. The zero-order chi connectivity index (χ0) is 14.7. The van der Waals surface area contributed by atoms with Gasteiger partial charge in [0.25, 0.3) is 0 Å². The lowest BCUT2D eigenvalue weighted by atomic mass is 9.63. The Hall–Kier alpha value is -0.340. The van der Waals surface area contributed by atoms with Crippen LogP contribution in [0, 0.1) is 11.8 Å². The van der Waals surface area contributed by atoms with E-state index >= 15 is 0 Å². The first-order valence-electron chi connectivity index (χ1n) is 9.08. The van der Waals surface area contributed by atoms with E-state index in [1.54, 1.807) is 0 Å². The summed E-state index contributed by atoms with van der Waals surface area (Å²) in [5.74, 6) is 1.69. The SMILES string of the molecule is CCc1ccc(CC2(N)CCCCC2C2CCCCC2)s1. The van der Waals surface area contributed by atoms with Crippen LogP contribution in [0.15, 0.2) is 12.1 Å². The number of thiophene rings is 1. The Bertz CT molecular complexity index is 446. The second-order valence-electron chi connectivity index (χ2n) is 7.38. The van der Waals surface area contributed by atoms with Gasteiger partial charge >= 0.3 is 0 Å². The van der Waals surface area contributed by atoms with Crippen LogP contribution >= 0.6 is 11.3 Å². The molecule has 2 unspecified atom stereocenters. The van der Waals surface area contributed by atoms with Gasteiger partial charge in [-0.15, -0.1) is 11.3 Å². The third-order valence-corrected chi connectivity index (χ3v) is 7.16. The van der Waals surface area contributed by atoms with Crippen LogP contribution in [-0.4, -0.2) is 5.54 Å². The molecule has 2 aliphatic rings. The molecule has 0 spiro atoms. The van der Waals surface area contributed by atoms with Crippen molar-refractivity contribution in [2.45, 2.75) is 83.1 Å². The van der Waals surface area contributed by atoms with Crippen molar-refractivity contribution in [3.8, 4) is 0 Å². The molecule has 118 valence electrons. The van der Waals surface area contributed by atoms with Gasteiger partial charge in [0.1, 0.15) is 0 Å². The lowest BCUT2D eigenvalue weighted by Crippen LogP contribution is -2.53. The van der Waals surface area contributed by atoms with Crippen molar-refractivity contribution < 1.29 is 0 Å². The van der Waals surface area contributed by atoms with E-state index in [0.717, 1.165) is 24.7 Å². The van der Waals surface area contributed by atoms with Gasteiger partial charge in [0.05, 0.1) is 0 Å². The summed E-state index contributed by atoms with van der Waals surface area (Å²) in [6.45, 7) is 2.25. The maximum atomic E-state index is 7.02. The van der Waals surface area contributed by atoms with Crippen molar-refractivity contribution in [1.29, 1.82) is 0 Å². The van der Waals surface area contributed by atoms with Crippen LogP contribution < -0.4 is 5.73 Å². The van der Waals surface area contributed by atoms with Crippen molar-refractivity contribution in [3.63, 3.8) is 0 Å². The van der Waals surface area contributed by atoms with Gasteiger partial charge in [-0.25, -0.2) is 0 Å². The van der Waals surface area contributed by atoms with E-state index in [1.165, 1.54) is 67.5 Å². The molecule has 1 aromatic rings. The zero-order valence-electron chi connectivity index (χ0n) is 13.6. The zero-order valence-corrected chi connectivity index (χ0v) is 14.4. The molecule has 2 atom stereocenters. The van der Waals surface area contributed by atoms with E-state index in [9.17, 15) is 0 Å². The lowest BCUT2D eigenvalue weighted by molar-refractivity contribution is 0.100. The molecule has 0 saturated heterocycles. The van der Waals surface area contributed by atoms with E-state index in [1.807, 2.05) is 11.3 Å². The average molecular weight is 306 g/mol. The van der Waals surface area contributed by atoms with Crippen molar-refractivity contribution >= 4 is 11.3 Å². The van der Waals surface area contributed by atoms with Gasteiger partial charge in [0.15, 0.2) is 0 Å². The Balaban J connectivity index is 1.74. The second-order valence-corrected chi connectivity index (χ2v) is 8.63. The van der Waals surface area contributed by atoms with Crippen LogP contribution in [0.2, 0.25) is 0 Å². The van der Waals surface area contributed by atoms with Gasteiger partial charge in [-0.1, -0.05) is 51.9 Å². The smallest absolute Gasteiger partial charge is 0.0234 e. The third-order valence-electron chi connectivity index (χ3n) is 5.93. The van der Waals surface area contributed by atoms with Crippen molar-refractivity contribution in [3.05, 3.63) is 21.9 Å².